The molecule has 0 saturated carbocycles. The van der Waals surface area contributed by atoms with Crippen molar-refractivity contribution >= 4 is 0 Å². The Bertz CT molecular complexity index is 155. The van der Waals surface area contributed by atoms with Gasteiger partial charge >= 0.3 is 0 Å². The first kappa shape index (κ1) is 14.0. The normalized spacial score (nSPS) is 19.9. The topological polar surface area (TPSA) is 21.3 Å². The van der Waals surface area contributed by atoms with E-state index in [4.69, 9.17) is 4.74 Å². The van der Waals surface area contributed by atoms with E-state index >= 15 is 0 Å². The van der Waals surface area contributed by atoms with E-state index in [0.29, 0.717) is 0 Å². The quantitative estimate of drug-likeness (QED) is 0.686. The van der Waals surface area contributed by atoms with E-state index in [2.05, 4.69) is 19.2 Å². The number of rotatable bonds is 8. The fourth-order valence-corrected chi connectivity index (χ4v) is 2.49. The van der Waals surface area contributed by atoms with Crippen molar-refractivity contribution in [2.45, 2.75) is 64.8 Å². The molecule has 1 aliphatic rings. The van der Waals surface area contributed by atoms with Crippen LogP contribution < -0.4 is 5.32 Å². The molecule has 0 aromatic rings. The van der Waals surface area contributed by atoms with Gasteiger partial charge in [-0.1, -0.05) is 26.7 Å². The van der Waals surface area contributed by atoms with Gasteiger partial charge < -0.3 is 10.1 Å². The molecule has 1 aliphatic heterocycles. The molecule has 1 N–H and O–H groups in total. The molecule has 1 saturated heterocycles. The smallest absolute Gasteiger partial charge is 0.0468 e. The van der Waals surface area contributed by atoms with Gasteiger partial charge in [-0.05, 0) is 44.6 Å². The first-order valence-electron chi connectivity index (χ1n) is 7.18. The standard InChI is InChI=1S/C14H29NO/c1-3-10-15-14(4-2)7-5-6-13-8-11-16-12-9-13/h13-15H,3-12H2,1-2H3. The van der Waals surface area contributed by atoms with Gasteiger partial charge in [-0.25, -0.2) is 0 Å². The average Bonchev–Trinajstić information content (AvgIpc) is 2.35. The molecular formula is C14H29NO. The zero-order chi connectivity index (χ0) is 11.6. The van der Waals surface area contributed by atoms with E-state index < -0.39 is 0 Å². The Morgan fingerprint density at radius 3 is 2.62 bits per heavy atom. The third-order valence-electron chi connectivity index (χ3n) is 3.68. The molecule has 0 spiro atoms. The van der Waals surface area contributed by atoms with Crippen LogP contribution >= 0.6 is 0 Å². The Morgan fingerprint density at radius 1 is 1.25 bits per heavy atom. The maximum absolute atomic E-state index is 5.39. The third kappa shape index (κ3) is 5.86. The molecule has 0 bridgehead atoms. The van der Waals surface area contributed by atoms with E-state index in [0.717, 1.165) is 25.2 Å². The average molecular weight is 227 g/mol. The second-order valence-corrected chi connectivity index (χ2v) is 5.05. The summed E-state index contributed by atoms with van der Waals surface area (Å²) < 4.78 is 5.39. The lowest BCUT2D eigenvalue weighted by Crippen LogP contribution is -2.29. The molecule has 0 amide bonds. The Kier molecular flexibility index (Phi) is 7.87. The largest absolute Gasteiger partial charge is 0.381 e. The Morgan fingerprint density at radius 2 is 2.00 bits per heavy atom. The van der Waals surface area contributed by atoms with Crippen molar-refractivity contribution in [3.63, 3.8) is 0 Å². The fraction of sp³-hybridized carbons (Fsp3) is 1.00. The minimum Gasteiger partial charge on any atom is -0.381 e. The van der Waals surface area contributed by atoms with Crippen LogP contribution in [0.3, 0.4) is 0 Å². The van der Waals surface area contributed by atoms with Gasteiger partial charge in [0.25, 0.3) is 0 Å². The van der Waals surface area contributed by atoms with Crippen molar-refractivity contribution in [3.05, 3.63) is 0 Å². The van der Waals surface area contributed by atoms with Gasteiger partial charge in [0.05, 0.1) is 0 Å². The molecule has 0 aromatic carbocycles. The first-order valence-corrected chi connectivity index (χ1v) is 7.18. The van der Waals surface area contributed by atoms with Crippen LogP contribution in [-0.4, -0.2) is 25.8 Å². The summed E-state index contributed by atoms with van der Waals surface area (Å²) in [6.07, 6.45) is 9.25. The van der Waals surface area contributed by atoms with Crippen LogP contribution in [0, 0.1) is 5.92 Å². The highest BCUT2D eigenvalue weighted by atomic mass is 16.5. The summed E-state index contributed by atoms with van der Waals surface area (Å²) >= 11 is 0. The van der Waals surface area contributed by atoms with Crippen molar-refractivity contribution in [2.75, 3.05) is 19.8 Å². The van der Waals surface area contributed by atoms with Gasteiger partial charge in [0.1, 0.15) is 0 Å². The Labute approximate surface area is 101 Å². The molecule has 0 aliphatic carbocycles. The fourth-order valence-electron chi connectivity index (χ4n) is 2.49. The van der Waals surface area contributed by atoms with Crippen LogP contribution in [0.25, 0.3) is 0 Å². The molecule has 2 nitrogen and oxygen atoms in total. The van der Waals surface area contributed by atoms with Crippen LogP contribution in [0.15, 0.2) is 0 Å². The lowest BCUT2D eigenvalue weighted by molar-refractivity contribution is 0.0629. The van der Waals surface area contributed by atoms with Crippen LogP contribution in [-0.2, 0) is 4.74 Å². The highest BCUT2D eigenvalue weighted by Crippen LogP contribution is 2.21. The van der Waals surface area contributed by atoms with Gasteiger partial charge in [0, 0.05) is 19.3 Å². The van der Waals surface area contributed by atoms with Crippen molar-refractivity contribution in [1.82, 2.24) is 5.32 Å². The minimum absolute atomic E-state index is 0.750. The van der Waals surface area contributed by atoms with Gasteiger partial charge in [-0.15, -0.1) is 0 Å². The molecule has 96 valence electrons. The van der Waals surface area contributed by atoms with Crippen LogP contribution in [0.4, 0.5) is 0 Å². The summed E-state index contributed by atoms with van der Waals surface area (Å²) in [5.74, 6) is 0.942. The van der Waals surface area contributed by atoms with E-state index in [-0.39, 0.29) is 0 Å². The summed E-state index contributed by atoms with van der Waals surface area (Å²) in [4.78, 5) is 0. The number of ether oxygens (including phenoxy) is 1. The zero-order valence-corrected chi connectivity index (χ0v) is 11.1. The predicted octanol–water partition coefficient (Wildman–Crippen LogP) is 3.36. The molecule has 0 radical (unpaired) electrons. The first-order chi connectivity index (χ1) is 7.86. The predicted molar refractivity (Wildman–Crippen MR) is 69.8 cm³/mol. The van der Waals surface area contributed by atoms with Crippen LogP contribution in [0.1, 0.15) is 58.8 Å². The molecule has 1 rings (SSSR count). The summed E-state index contributed by atoms with van der Waals surface area (Å²) in [5, 5.41) is 3.63. The van der Waals surface area contributed by atoms with Gasteiger partial charge in [-0.3, -0.25) is 0 Å². The highest BCUT2D eigenvalue weighted by molar-refractivity contribution is 4.68. The molecule has 0 aromatic heterocycles. The molecular weight excluding hydrogens is 198 g/mol. The number of nitrogens with one attached hydrogen (secondary N) is 1. The second kappa shape index (κ2) is 9.00. The lowest BCUT2D eigenvalue weighted by Gasteiger charge is -2.23. The zero-order valence-electron chi connectivity index (χ0n) is 11.1. The number of hydrogen-bond acceptors (Lipinski definition) is 2. The van der Waals surface area contributed by atoms with Crippen molar-refractivity contribution < 1.29 is 4.74 Å². The van der Waals surface area contributed by atoms with E-state index in [1.54, 1.807) is 0 Å². The molecule has 1 heterocycles. The molecule has 16 heavy (non-hydrogen) atoms. The molecule has 1 atom stereocenters. The maximum atomic E-state index is 5.39. The van der Waals surface area contributed by atoms with Crippen molar-refractivity contribution in [2.24, 2.45) is 5.92 Å². The molecule has 1 fully saturated rings. The minimum atomic E-state index is 0.750. The monoisotopic (exact) mass is 227 g/mol. The van der Waals surface area contributed by atoms with Gasteiger partial charge in [0.2, 0.25) is 0 Å². The summed E-state index contributed by atoms with van der Waals surface area (Å²) in [5.41, 5.74) is 0. The van der Waals surface area contributed by atoms with E-state index in [1.807, 2.05) is 0 Å². The lowest BCUT2D eigenvalue weighted by atomic mass is 9.93. The van der Waals surface area contributed by atoms with Gasteiger partial charge in [0.15, 0.2) is 0 Å². The van der Waals surface area contributed by atoms with E-state index in [9.17, 15) is 0 Å². The summed E-state index contributed by atoms with van der Waals surface area (Å²) in [6.45, 7) is 7.70. The van der Waals surface area contributed by atoms with Crippen LogP contribution in [0.5, 0.6) is 0 Å². The Hall–Kier alpha value is -0.0800. The van der Waals surface area contributed by atoms with Crippen molar-refractivity contribution in [1.29, 1.82) is 0 Å². The second-order valence-electron chi connectivity index (χ2n) is 5.05. The summed E-state index contributed by atoms with van der Waals surface area (Å²) in [6, 6.07) is 0.750. The molecule has 1 unspecified atom stereocenters. The summed E-state index contributed by atoms with van der Waals surface area (Å²) in [7, 11) is 0. The van der Waals surface area contributed by atoms with E-state index in [1.165, 1.54) is 51.5 Å². The van der Waals surface area contributed by atoms with Gasteiger partial charge in [-0.2, -0.15) is 0 Å². The third-order valence-corrected chi connectivity index (χ3v) is 3.68. The SMILES string of the molecule is CCCNC(CC)CCCC1CCOCC1. The van der Waals surface area contributed by atoms with Crippen LogP contribution in [0.2, 0.25) is 0 Å². The highest BCUT2D eigenvalue weighted by Gasteiger charge is 2.14. The molecule has 2 heteroatoms. The van der Waals surface area contributed by atoms with Crippen molar-refractivity contribution in [3.8, 4) is 0 Å². The Balaban J connectivity index is 2.02. The number of hydrogen-bond donors (Lipinski definition) is 1. The maximum Gasteiger partial charge on any atom is 0.0468 e.